The zero-order valence-electron chi connectivity index (χ0n) is 8.13. The van der Waals surface area contributed by atoms with Crippen molar-refractivity contribution in [3.05, 3.63) is 25.5 Å². The maximum absolute atomic E-state index is 5.65. The molecule has 0 saturated carbocycles. The number of hydrogen-bond donors (Lipinski definition) is 1. The van der Waals surface area contributed by atoms with Crippen molar-refractivity contribution in [3.63, 3.8) is 0 Å². The third-order valence-corrected chi connectivity index (χ3v) is 2.00. The van der Waals surface area contributed by atoms with E-state index in [0.717, 1.165) is 5.65 Å². The molecular formula is C9H11N5O. The summed E-state index contributed by atoms with van der Waals surface area (Å²) in [5, 5.41) is 0. The first-order chi connectivity index (χ1) is 7.33. The molecule has 0 radical (unpaired) electrons. The number of rotatable bonds is 4. The summed E-state index contributed by atoms with van der Waals surface area (Å²) in [4.78, 5) is 12.1. The van der Waals surface area contributed by atoms with Crippen molar-refractivity contribution in [2.24, 2.45) is 0 Å². The lowest BCUT2D eigenvalue weighted by Crippen LogP contribution is -2.03. The lowest BCUT2D eigenvalue weighted by atomic mass is 10.5. The van der Waals surface area contributed by atoms with E-state index in [9.17, 15) is 0 Å². The zero-order chi connectivity index (χ0) is 10.7. The number of imidazole rings is 1. The summed E-state index contributed by atoms with van der Waals surface area (Å²) in [5.74, 6) is 0.392. The van der Waals surface area contributed by atoms with E-state index < -0.39 is 0 Å². The van der Waals surface area contributed by atoms with Crippen molar-refractivity contribution in [3.8, 4) is 0 Å². The minimum absolute atomic E-state index is 0.392. The molecule has 0 spiro atoms. The van der Waals surface area contributed by atoms with Crippen molar-refractivity contribution < 1.29 is 4.74 Å². The Morgan fingerprint density at radius 3 is 3.13 bits per heavy atom. The van der Waals surface area contributed by atoms with Gasteiger partial charge in [-0.2, -0.15) is 0 Å². The van der Waals surface area contributed by atoms with Crippen molar-refractivity contribution in [1.82, 2.24) is 19.5 Å². The normalized spacial score (nSPS) is 10.4. The lowest BCUT2D eigenvalue weighted by molar-refractivity contribution is 0.237. The predicted molar refractivity (Wildman–Crippen MR) is 55.9 cm³/mol. The molecule has 2 aromatic rings. The minimum atomic E-state index is 0.392. The summed E-state index contributed by atoms with van der Waals surface area (Å²) < 4.78 is 6.88. The van der Waals surface area contributed by atoms with E-state index in [1.54, 1.807) is 6.33 Å². The van der Waals surface area contributed by atoms with E-state index in [1.807, 2.05) is 4.57 Å². The number of ether oxygens (including phenoxy) is 1. The van der Waals surface area contributed by atoms with Gasteiger partial charge in [0.05, 0.1) is 19.1 Å². The highest BCUT2D eigenvalue weighted by Gasteiger charge is 2.06. The molecule has 0 aliphatic carbocycles. The Balaban J connectivity index is 2.28. The van der Waals surface area contributed by atoms with E-state index >= 15 is 0 Å². The molecule has 0 atom stereocenters. The molecule has 0 fully saturated rings. The van der Waals surface area contributed by atoms with Gasteiger partial charge in [0.2, 0.25) is 0 Å². The fourth-order valence-corrected chi connectivity index (χ4v) is 1.30. The van der Waals surface area contributed by atoms with Crippen molar-refractivity contribution in [2.75, 3.05) is 12.3 Å². The van der Waals surface area contributed by atoms with Crippen LogP contribution in [-0.2, 0) is 11.3 Å². The molecule has 0 bridgehead atoms. The van der Waals surface area contributed by atoms with Crippen LogP contribution in [0.5, 0.6) is 0 Å². The molecule has 2 aromatic heterocycles. The highest BCUT2D eigenvalue weighted by atomic mass is 16.5. The Kier molecular flexibility index (Phi) is 2.49. The fraction of sp³-hybridized carbons (Fsp3) is 0.222. The van der Waals surface area contributed by atoms with Crippen LogP contribution in [-0.4, -0.2) is 26.1 Å². The van der Waals surface area contributed by atoms with Crippen LogP contribution in [0, 0.1) is 0 Å². The van der Waals surface area contributed by atoms with Gasteiger partial charge in [-0.1, -0.05) is 6.58 Å². The molecule has 2 heterocycles. The third-order valence-electron chi connectivity index (χ3n) is 2.00. The topological polar surface area (TPSA) is 78.9 Å². The van der Waals surface area contributed by atoms with Gasteiger partial charge in [-0.3, -0.25) is 0 Å². The van der Waals surface area contributed by atoms with Gasteiger partial charge in [0.1, 0.15) is 18.5 Å². The summed E-state index contributed by atoms with van der Waals surface area (Å²) >= 11 is 0. The van der Waals surface area contributed by atoms with Crippen molar-refractivity contribution >= 4 is 17.0 Å². The number of aromatic nitrogens is 4. The fourth-order valence-electron chi connectivity index (χ4n) is 1.30. The quantitative estimate of drug-likeness (QED) is 0.583. The number of hydrogen-bond acceptors (Lipinski definition) is 5. The Hall–Kier alpha value is -2.11. The van der Waals surface area contributed by atoms with Gasteiger partial charge in [-0.15, -0.1) is 0 Å². The van der Waals surface area contributed by atoms with Crippen LogP contribution < -0.4 is 5.73 Å². The Bertz CT molecular complexity index is 478. The van der Waals surface area contributed by atoms with E-state index in [0.29, 0.717) is 24.5 Å². The maximum Gasteiger partial charge on any atom is 0.165 e. The van der Waals surface area contributed by atoms with Crippen LogP contribution in [0.3, 0.4) is 0 Å². The van der Waals surface area contributed by atoms with E-state index in [4.69, 9.17) is 10.5 Å². The van der Waals surface area contributed by atoms with Gasteiger partial charge >= 0.3 is 0 Å². The highest BCUT2D eigenvalue weighted by molar-refractivity contribution is 5.80. The zero-order valence-corrected chi connectivity index (χ0v) is 8.13. The Morgan fingerprint density at radius 2 is 2.33 bits per heavy atom. The molecule has 0 unspecified atom stereocenters. The summed E-state index contributed by atoms with van der Waals surface area (Å²) in [6, 6.07) is 0. The number of nitrogen functional groups attached to an aromatic ring is 1. The Morgan fingerprint density at radius 1 is 1.47 bits per heavy atom. The molecule has 2 rings (SSSR count). The summed E-state index contributed by atoms with van der Waals surface area (Å²) in [5.41, 5.74) is 6.99. The van der Waals surface area contributed by atoms with Crippen LogP contribution in [0.4, 0.5) is 5.82 Å². The standard InChI is InChI=1S/C9H11N5O/c1-2-15-4-3-14-6-13-7-8(10)11-5-12-9(7)14/h2,5-6H,1,3-4H2,(H2,10,11,12). The second-order valence-electron chi connectivity index (χ2n) is 2.91. The van der Waals surface area contributed by atoms with Gasteiger partial charge in [-0.25, -0.2) is 15.0 Å². The SMILES string of the molecule is C=COCCn1cnc2c(N)ncnc21. The molecule has 0 aliphatic heterocycles. The molecular weight excluding hydrogens is 194 g/mol. The summed E-state index contributed by atoms with van der Waals surface area (Å²) in [7, 11) is 0. The number of fused-ring (bicyclic) bond motifs is 1. The van der Waals surface area contributed by atoms with E-state index in [1.165, 1.54) is 12.6 Å². The molecule has 0 saturated heterocycles. The first-order valence-electron chi connectivity index (χ1n) is 4.46. The second kappa shape index (κ2) is 3.95. The van der Waals surface area contributed by atoms with Gasteiger partial charge in [0, 0.05) is 0 Å². The molecule has 0 aliphatic rings. The van der Waals surface area contributed by atoms with Gasteiger partial charge in [0.25, 0.3) is 0 Å². The molecule has 0 amide bonds. The molecule has 15 heavy (non-hydrogen) atoms. The predicted octanol–water partition coefficient (Wildman–Crippen LogP) is 0.569. The molecule has 6 nitrogen and oxygen atoms in total. The Labute approximate surface area is 86.4 Å². The maximum atomic E-state index is 5.65. The largest absolute Gasteiger partial charge is 0.500 e. The average Bonchev–Trinajstić information content (AvgIpc) is 2.64. The smallest absolute Gasteiger partial charge is 0.165 e. The van der Waals surface area contributed by atoms with Crippen LogP contribution in [0.2, 0.25) is 0 Å². The molecule has 2 N–H and O–H groups in total. The number of nitrogens with zero attached hydrogens (tertiary/aromatic N) is 4. The molecule has 6 heteroatoms. The first kappa shape index (κ1) is 9.45. The van der Waals surface area contributed by atoms with Gasteiger partial charge in [-0.05, 0) is 0 Å². The average molecular weight is 205 g/mol. The molecule has 78 valence electrons. The summed E-state index contributed by atoms with van der Waals surface area (Å²) in [6.45, 7) is 4.64. The number of nitrogens with two attached hydrogens (primary N) is 1. The van der Waals surface area contributed by atoms with Crippen LogP contribution >= 0.6 is 0 Å². The van der Waals surface area contributed by atoms with Gasteiger partial charge in [0.15, 0.2) is 11.5 Å². The number of anilines is 1. The van der Waals surface area contributed by atoms with E-state index in [2.05, 4.69) is 21.5 Å². The van der Waals surface area contributed by atoms with Gasteiger partial charge < -0.3 is 15.0 Å². The lowest BCUT2D eigenvalue weighted by Gasteiger charge is -2.02. The first-order valence-corrected chi connectivity index (χ1v) is 4.46. The minimum Gasteiger partial charge on any atom is -0.500 e. The van der Waals surface area contributed by atoms with Crippen LogP contribution in [0.25, 0.3) is 11.2 Å². The van der Waals surface area contributed by atoms with Crippen LogP contribution in [0.15, 0.2) is 25.5 Å². The van der Waals surface area contributed by atoms with Crippen LogP contribution in [0.1, 0.15) is 0 Å². The van der Waals surface area contributed by atoms with Crippen molar-refractivity contribution in [2.45, 2.75) is 6.54 Å². The summed E-state index contributed by atoms with van der Waals surface area (Å²) in [6.07, 6.45) is 4.49. The second-order valence-corrected chi connectivity index (χ2v) is 2.91. The van der Waals surface area contributed by atoms with Crippen molar-refractivity contribution in [1.29, 1.82) is 0 Å². The third kappa shape index (κ3) is 1.74. The monoisotopic (exact) mass is 205 g/mol. The van der Waals surface area contributed by atoms with E-state index in [-0.39, 0.29) is 0 Å². The molecule has 0 aromatic carbocycles. The highest BCUT2D eigenvalue weighted by Crippen LogP contribution is 2.13.